The van der Waals surface area contributed by atoms with Gasteiger partial charge >= 0.3 is 6.09 Å². The molecule has 9 nitrogen and oxygen atoms in total. The van der Waals surface area contributed by atoms with E-state index >= 15 is 0 Å². The third-order valence-electron chi connectivity index (χ3n) is 5.82. The van der Waals surface area contributed by atoms with Crippen LogP contribution in [0.1, 0.15) is 37.1 Å². The normalized spacial score (nSPS) is 12.2. The second-order valence-electron chi connectivity index (χ2n) is 9.51. The first-order chi connectivity index (χ1) is 18.8. The van der Waals surface area contributed by atoms with Crippen molar-refractivity contribution >= 4 is 23.7 Å². The highest BCUT2D eigenvalue weighted by molar-refractivity contribution is 6.38. The van der Waals surface area contributed by atoms with Crippen LogP contribution in [0.15, 0.2) is 85.1 Å². The van der Waals surface area contributed by atoms with Gasteiger partial charge in [0.05, 0.1) is 12.2 Å². The van der Waals surface area contributed by atoms with Crippen molar-refractivity contribution in [3.63, 3.8) is 0 Å². The van der Waals surface area contributed by atoms with Crippen LogP contribution in [0.25, 0.3) is 0 Å². The maximum Gasteiger partial charge on any atom is 0.408 e. The molecule has 0 saturated heterocycles. The Hall–Kier alpha value is -4.53. The Morgan fingerprint density at radius 2 is 1.44 bits per heavy atom. The van der Waals surface area contributed by atoms with Gasteiger partial charge in [0.2, 0.25) is 11.7 Å². The van der Waals surface area contributed by atoms with Gasteiger partial charge in [-0.1, -0.05) is 80.6 Å². The van der Waals surface area contributed by atoms with Crippen molar-refractivity contribution in [2.24, 2.45) is 5.92 Å². The molecule has 3 rings (SSSR count). The summed E-state index contributed by atoms with van der Waals surface area (Å²) in [4.78, 5) is 55.9. The number of rotatable bonds is 13. The molecule has 3 amide bonds. The van der Waals surface area contributed by atoms with Crippen LogP contribution in [0.4, 0.5) is 4.79 Å². The van der Waals surface area contributed by atoms with Gasteiger partial charge in [0.15, 0.2) is 0 Å². The number of alkyl carbamates (subject to hydrolysis) is 1. The van der Waals surface area contributed by atoms with Gasteiger partial charge in [0.1, 0.15) is 18.7 Å². The van der Waals surface area contributed by atoms with E-state index in [4.69, 9.17) is 4.74 Å². The van der Waals surface area contributed by atoms with Crippen molar-refractivity contribution < 1.29 is 23.9 Å². The van der Waals surface area contributed by atoms with E-state index in [0.717, 1.165) is 11.1 Å². The van der Waals surface area contributed by atoms with Gasteiger partial charge in [-0.2, -0.15) is 0 Å². The van der Waals surface area contributed by atoms with Gasteiger partial charge < -0.3 is 20.7 Å². The Kier molecular flexibility index (Phi) is 11.2. The number of nitrogens with one attached hydrogen (secondary N) is 3. The topological polar surface area (TPSA) is 126 Å². The average Bonchev–Trinajstić information content (AvgIpc) is 2.95. The van der Waals surface area contributed by atoms with Crippen molar-refractivity contribution in [1.29, 1.82) is 0 Å². The minimum atomic E-state index is -1.14. The zero-order valence-corrected chi connectivity index (χ0v) is 22.1. The number of carbonyl (C=O) groups excluding carboxylic acids is 4. The van der Waals surface area contributed by atoms with Gasteiger partial charge in [-0.15, -0.1) is 0 Å². The fourth-order valence-corrected chi connectivity index (χ4v) is 3.86. The van der Waals surface area contributed by atoms with Gasteiger partial charge in [-0.25, -0.2) is 4.79 Å². The predicted molar refractivity (Wildman–Crippen MR) is 146 cm³/mol. The van der Waals surface area contributed by atoms with E-state index in [-0.39, 0.29) is 25.5 Å². The fourth-order valence-electron chi connectivity index (χ4n) is 3.86. The predicted octanol–water partition coefficient (Wildman–Crippen LogP) is 3.34. The molecule has 0 saturated carbocycles. The van der Waals surface area contributed by atoms with E-state index < -0.39 is 35.8 Å². The number of ether oxygens (including phenoxy) is 1. The summed E-state index contributed by atoms with van der Waals surface area (Å²) in [6.07, 6.45) is 1.26. The van der Waals surface area contributed by atoms with E-state index in [0.29, 0.717) is 12.1 Å². The molecule has 3 N–H and O–H groups in total. The Labute approximate surface area is 228 Å². The van der Waals surface area contributed by atoms with Gasteiger partial charge in [0, 0.05) is 12.6 Å². The van der Waals surface area contributed by atoms with Crippen LogP contribution in [0, 0.1) is 5.92 Å². The van der Waals surface area contributed by atoms with Gasteiger partial charge in [-0.3, -0.25) is 19.4 Å². The van der Waals surface area contributed by atoms with Crippen LogP contribution in [-0.4, -0.2) is 40.8 Å². The van der Waals surface area contributed by atoms with Crippen LogP contribution in [0.5, 0.6) is 0 Å². The monoisotopic (exact) mass is 530 g/mol. The number of hydrogen-bond donors (Lipinski definition) is 3. The molecule has 1 heterocycles. The number of pyridine rings is 1. The molecule has 9 heteroatoms. The number of Topliss-reactive ketones (excluding diaryl/α,β-unsaturated/α-hetero) is 1. The highest BCUT2D eigenvalue weighted by atomic mass is 16.5. The maximum absolute atomic E-state index is 13.3. The van der Waals surface area contributed by atoms with Crippen molar-refractivity contribution in [3.8, 4) is 0 Å². The zero-order valence-electron chi connectivity index (χ0n) is 22.1. The van der Waals surface area contributed by atoms with Crippen molar-refractivity contribution in [2.75, 3.05) is 0 Å². The molecular weight excluding hydrogens is 496 g/mol. The summed E-state index contributed by atoms with van der Waals surface area (Å²) in [7, 11) is 0. The molecule has 0 fully saturated rings. The smallest absolute Gasteiger partial charge is 0.408 e. The van der Waals surface area contributed by atoms with E-state index in [1.165, 1.54) is 0 Å². The SMILES string of the molecule is CC(C)C[C@H](NC(=O)OCc1ccccc1)C(=O)N[C@@H](Cc1ccccc1)C(=O)C(=O)NCc1ccccn1. The summed E-state index contributed by atoms with van der Waals surface area (Å²) in [5.74, 6) is -2.15. The molecule has 39 heavy (non-hydrogen) atoms. The molecule has 204 valence electrons. The molecule has 1 aromatic heterocycles. The number of benzene rings is 2. The van der Waals surface area contributed by atoms with Crippen LogP contribution >= 0.6 is 0 Å². The van der Waals surface area contributed by atoms with E-state index in [2.05, 4.69) is 20.9 Å². The highest BCUT2D eigenvalue weighted by Gasteiger charge is 2.31. The van der Waals surface area contributed by atoms with Crippen LogP contribution in [0.2, 0.25) is 0 Å². The molecule has 0 unspecified atom stereocenters. The first-order valence-electron chi connectivity index (χ1n) is 12.8. The summed E-state index contributed by atoms with van der Waals surface area (Å²) in [6, 6.07) is 21.4. The van der Waals surface area contributed by atoms with Crippen LogP contribution in [-0.2, 0) is 38.7 Å². The lowest BCUT2D eigenvalue weighted by atomic mass is 9.99. The van der Waals surface area contributed by atoms with E-state index in [1.807, 2.05) is 74.5 Å². The molecule has 0 aliphatic carbocycles. The first-order valence-corrected chi connectivity index (χ1v) is 12.8. The van der Waals surface area contributed by atoms with E-state index in [9.17, 15) is 19.2 Å². The molecule has 0 aliphatic heterocycles. The van der Waals surface area contributed by atoms with Crippen LogP contribution in [0.3, 0.4) is 0 Å². The molecule has 3 aromatic rings. The first kappa shape index (κ1) is 29.0. The summed E-state index contributed by atoms with van der Waals surface area (Å²) < 4.78 is 5.28. The molecule has 0 radical (unpaired) electrons. The summed E-state index contributed by atoms with van der Waals surface area (Å²) in [6.45, 7) is 3.94. The fraction of sp³-hybridized carbons (Fsp3) is 0.300. The lowest BCUT2D eigenvalue weighted by molar-refractivity contribution is -0.140. The highest BCUT2D eigenvalue weighted by Crippen LogP contribution is 2.10. The lowest BCUT2D eigenvalue weighted by Gasteiger charge is -2.23. The van der Waals surface area contributed by atoms with Crippen LogP contribution < -0.4 is 16.0 Å². The van der Waals surface area contributed by atoms with Crippen molar-refractivity contribution in [2.45, 2.75) is 51.9 Å². The van der Waals surface area contributed by atoms with Gasteiger partial charge in [-0.05, 0) is 35.6 Å². The van der Waals surface area contributed by atoms with Crippen molar-refractivity contribution in [3.05, 3.63) is 102 Å². The largest absolute Gasteiger partial charge is 0.445 e. The minimum Gasteiger partial charge on any atom is -0.445 e. The lowest BCUT2D eigenvalue weighted by Crippen LogP contribution is -2.54. The zero-order chi connectivity index (χ0) is 28.0. The summed E-state index contributed by atoms with van der Waals surface area (Å²) in [5.41, 5.74) is 2.17. The van der Waals surface area contributed by atoms with Gasteiger partial charge in [0.25, 0.3) is 5.91 Å². The number of ketones is 1. The number of amides is 3. The molecular formula is C30H34N4O5. The molecule has 0 aliphatic rings. The Balaban J connectivity index is 1.68. The Morgan fingerprint density at radius 1 is 0.795 bits per heavy atom. The maximum atomic E-state index is 13.3. The number of hydrogen-bond acceptors (Lipinski definition) is 6. The molecule has 0 spiro atoms. The second kappa shape index (κ2) is 15.0. The molecule has 2 atom stereocenters. The third-order valence-corrected chi connectivity index (χ3v) is 5.82. The molecule has 2 aromatic carbocycles. The minimum absolute atomic E-state index is 0.0499. The second-order valence-corrected chi connectivity index (χ2v) is 9.51. The average molecular weight is 531 g/mol. The third kappa shape index (κ3) is 10.0. The number of aromatic nitrogens is 1. The summed E-state index contributed by atoms with van der Waals surface area (Å²) in [5, 5.41) is 7.88. The number of nitrogens with zero attached hydrogens (tertiary/aromatic N) is 1. The quantitative estimate of drug-likeness (QED) is 0.291. The summed E-state index contributed by atoms with van der Waals surface area (Å²) >= 11 is 0. The Morgan fingerprint density at radius 3 is 2.05 bits per heavy atom. The van der Waals surface area contributed by atoms with Crippen molar-refractivity contribution in [1.82, 2.24) is 20.9 Å². The number of carbonyl (C=O) groups is 4. The standard InChI is InChI=1S/C30H34N4O5/c1-21(2)17-26(34-30(38)39-20-23-13-7-4-8-14-23)28(36)33-25(18-22-11-5-3-6-12-22)27(35)29(37)32-19-24-15-9-10-16-31-24/h3-16,21,25-26H,17-20H2,1-2H3,(H,32,37)(H,33,36)(H,34,38)/t25-,26-/m0/s1. The Bertz CT molecular complexity index is 1220. The van der Waals surface area contributed by atoms with E-state index in [1.54, 1.807) is 24.4 Å². The molecule has 0 bridgehead atoms.